The molecule has 9 nitrogen and oxygen atoms in total. The summed E-state index contributed by atoms with van der Waals surface area (Å²) in [6.45, 7) is 2.15. The Morgan fingerprint density at radius 2 is 2.32 bits per heavy atom. The summed E-state index contributed by atoms with van der Waals surface area (Å²) >= 11 is 0. The highest BCUT2D eigenvalue weighted by molar-refractivity contribution is 5.96. The summed E-state index contributed by atoms with van der Waals surface area (Å²) in [4.78, 5) is 39.0. The molecule has 2 rings (SSSR count). The summed E-state index contributed by atoms with van der Waals surface area (Å²) in [6.07, 6.45) is 1.65. The van der Waals surface area contributed by atoms with Gasteiger partial charge in [-0.2, -0.15) is 0 Å². The number of hydrogen-bond donors (Lipinski definition) is 1. The molecule has 9 heteroatoms. The fourth-order valence-corrected chi connectivity index (χ4v) is 2.38. The number of carboxylic acids is 1. The number of pyridine rings is 1. The number of carbonyl (C=O) groups is 2. The first-order chi connectivity index (χ1) is 10.5. The van der Waals surface area contributed by atoms with Crippen LogP contribution in [0.3, 0.4) is 0 Å². The summed E-state index contributed by atoms with van der Waals surface area (Å²) in [5.74, 6) is -2.36. The van der Waals surface area contributed by atoms with E-state index in [4.69, 9.17) is 9.84 Å². The van der Waals surface area contributed by atoms with Crippen LogP contribution in [0, 0.1) is 16.0 Å². The Balaban J connectivity index is 2.40. The third kappa shape index (κ3) is 2.97. The minimum Gasteiger partial charge on any atom is -0.481 e. The molecule has 1 unspecified atom stereocenters. The van der Waals surface area contributed by atoms with Gasteiger partial charge < -0.3 is 14.7 Å². The average molecular weight is 309 g/mol. The predicted molar refractivity (Wildman–Crippen MR) is 74.8 cm³/mol. The molecule has 0 amide bonds. The highest BCUT2D eigenvalue weighted by atomic mass is 16.6. The Bertz CT molecular complexity index is 618. The fraction of sp³-hybridized carbons (Fsp3) is 0.462. The van der Waals surface area contributed by atoms with Gasteiger partial charge in [-0.25, -0.2) is 9.78 Å². The van der Waals surface area contributed by atoms with Gasteiger partial charge in [0.05, 0.1) is 17.4 Å². The zero-order valence-corrected chi connectivity index (χ0v) is 11.9. The van der Waals surface area contributed by atoms with Gasteiger partial charge in [0.1, 0.15) is 5.56 Å². The van der Waals surface area contributed by atoms with Crippen molar-refractivity contribution in [1.82, 2.24) is 4.98 Å². The standard InChI is InChI=1S/C13H15N3O6/c1-2-22-13(19)9-3-5-14-11(10(9)16(20)21)15-6-4-8(7-15)12(17)18/h3,5,8H,2,4,6-7H2,1H3,(H,17,18). The van der Waals surface area contributed by atoms with E-state index in [9.17, 15) is 19.7 Å². The van der Waals surface area contributed by atoms with Crippen LogP contribution in [0.15, 0.2) is 12.3 Å². The molecule has 2 heterocycles. The van der Waals surface area contributed by atoms with Crippen molar-refractivity contribution in [2.24, 2.45) is 5.92 Å². The molecule has 0 aliphatic carbocycles. The Hall–Kier alpha value is -2.71. The third-order valence-electron chi connectivity index (χ3n) is 3.42. The van der Waals surface area contributed by atoms with Crippen LogP contribution in [0.5, 0.6) is 0 Å². The van der Waals surface area contributed by atoms with Crippen molar-refractivity contribution in [3.05, 3.63) is 27.9 Å². The van der Waals surface area contributed by atoms with Crippen molar-refractivity contribution in [1.29, 1.82) is 0 Å². The first-order valence-corrected chi connectivity index (χ1v) is 6.74. The van der Waals surface area contributed by atoms with E-state index in [1.54, 1.807) is 6.92 Å². The third-order valence-corrected chi connectivity index (χ3v) is 3.42. The Morgan fingerprint density at radius 3 is 2.86 bits per heavy atom. The average Bonchev–Trinajstić information content (AvgIpc) is 2.96. The van der Waals surface area contributed by atoms with E-state index >= 15 is 0 Å². The van der Waals surface area contributed by atoms with Crippen molar-refractivity contribution >= 4 is 23.4 Å². The number of aliphatic carboxylic acids is 1. The first-order valence-electron chi connectivity index (χ1n) is 6.74. The number of esters is 1. The molecule has 1 atom stereocenters. The fourth-order valence-electron chi connectivity index (χ4n) is 2.38. The lowest BCUT2D eigenvalue weighted by Gasteiger charge is -2.17. The maximum atomic E-state index is 11.8. The van der Waals surface area contributed by atoms with Crippen molar-refractivity contribution < 1.29 is 24.4 Å². The molecule has 22 heavy (non-hydrogen) atoms. The number of nitrogens with zero attached hydrogens (tertiary/aromatic N) is 3. The van der Waals surface area contributed by atoms with Gasteiger partial charge in [-0.15, -0.1) is 0 Å². The van der Waals surface area contributed by atoms with Crippen LogP contribution in [0.1, 0.15) is 23.7 Å². The molecule has 0 aromatic carbocycles. The predicted octanol–water partition coefficient (Wildman–Crippen LogP) is 1.08. The lowest BCUT2D eigenvalue weighted by atomic mass is 10.1. The van der Waals surface area contributed by atoms with E-state index in [0.717, 1.165) is 0 Å². The van der Waals surface area contributed by atoms with Gasteiger partial charge >= 0.3 is 17.6 Å². The molecule has 0 bridgehead atoms. The van der Waals surface area contributed by atoms with Gasteiger partial charge in [0.25, 0.3) is 0 Å². The second-order valence-electron chi connectivity index (χ2n) is 4.78. The summed E-state index contributed by atoms with van der Waals surface area (Å²) in [5.41, 5.74) is -0.636. The van der Waals surface area contributed by atoms with E-state index < -0.39 is 28.5 Å². The first kappa shape index (κ1) is 15.7. The highest BCUT2D eigenvalue weighted by Crippen LogP contribution is 2.33. The van der Waals surface area contributed by atoms with Crippen LogP contribution in [0.2, 0.25) is 0 Å². The Morgan fingerprint density at radius 1 is 1.59 bits per heavy atom. The van der Waals surface area contributed by atoms with Crippen molar-refractivity contribution in [3.8, 4) is 0 Å². The molecule has 1 aromatic rings. The minimum absolute atomic E-state index is 0.000645. The van der Waals surface area contributed by atoms with E-state index in [0.29, 0.717) is 13.0 Å². The lowest BCUT2D eigenvalue weighted by Crippen LogP contribution is -2.25. The zero-order valence-electron chi connectivity index (χ0n) is 11.9. The van der Waals surface area contributed by atoms with Crippen LogP contribution in [0.25, 0.3) is 0 Å². The summed E-state index contributed by atoms with van der Waals surface area (Å²) in [5, 5.41) is 20.4. The van der Waals surface area contributed by atoms with Crippen LogP contribution in [0.4, 0.5) is 11.5 Å². The molecular formula is C13H15N3O6. The van der Waals surface area contributed by atoms with Crippen LogP contribution < -0.4 is 4.90 Å². The number of carboxylic acid groups (broad SMARTS) is 1. The van der Waals surface area contributed by atoms with Crippen molar-refractivity contribution in [2.45, 2.75) is 13.3 Å². The van der Waals surface area contributed by atoms with Gasteiger partial charge in [-0.1, -0.05) is 0 Å². The normalized spacial score (nSPS) is 17.3. The largest absolute Gasteiger partial charge is 0.481 e. The molecule has 118 valence electrons. The SMILES string of the molecule is CCOC(=O)c1ccnc(N2CCC(C(=O)O)C2)c1[N+](=O)[O-]. The molecule has 1 fully saturated rings. The summed E-state index contributed by atoms with van der Waals surface area (Å²) < 4.78 is 4.81. The number of hydrogen-bond acceptors (Lipinski definition) is 7. The number of nitro groups is 1. The van der Waals surface area contributed by atoms with Crippen LogP contribution >= 0.6 is 0 Å². The minimum atomic E-state index is -0.952. The second-order valence-corrected chi connectivity index (χ2v) is 4.78. The molecular weight excluding hydrogens is 294 g/mol. The van der Waals surface area contributed by atoms with Crippen molar-refractivity contribution in [2.75, 3.05) is 24.6 Å². The van der Waals surface area contributed by atoms with Gasteiger partial charge in [-0.05, 0) is 19.4 Å². The molecule has 1 aliphatic rings. The molecule has 0 saturated carbocycles. The number of aromatic nitrogens is 1. The van der Waals surface area contributed by atoms with E-state index in [1.807, 2.05) is 0 Å². The maximum Gasteiger partial charge on any atom is 0.345 e. The lowest BCUT2D eigenvalue weighted by molar-refractivity contribution is -0.384. The molecule has 1 aromatic heterocycles. The topological polar surface area (TPSA) is 123 Å². The van der Waals surface area contributed by atoms with E-state index in [2.05, 4.69) is 4.98 Å². The molecule has 0 spiro atoms. The molecule has 0 radical (unpaired) electrons. The Kier molecular flexibility index (Phi) is 4.54. The molecule has 1 aliphatic heterocycles. The van der Waals surface area contributed by atoms with Crippen molar-refractivity contribution in [3.63, 3.8) is 0 Å². The zero-order chi connectivity index (χ0) is 16.3. The van der Waals surface area contributed by atoms with Gasteiger partial charge in [0, 0.05) is 19.3 Å². The summed E-state index contributed by atoms with van der Waals surface area (Å²) in [6, 6.07) is 1.23. The van der Waals surface area contributed by atoms with Crippen LogP contribution in [-0.4, -0.2) is 46.6 Å². The summed E-state index contributed by atoms with van der Waals surface area (Å²) in [7, 11) is 0. The maximum absolute atomic E-state index is 11.8. The number of ether oxygens (including phenoxy) is 1. The number of rotatable bonds is 5. The number of carbonyl (C=O) groups excluding carboxylic acids is 1. The monoisotopic (exact) mass is 309 g/mol. The van der Waals surface area contributed by atoms with Gasteiger partial charge in [-0.3, -0.25) is 14.9 Å². The van der Waals surface area contributed by atoms with E-state index in [-0.39, 0.29) is 24.5 Å². The highest BCUT2D eigenvalue weighted by Gasteiger charge is 2.35. The van der Waals surface area contributed by atoms with Gasteiger partial charge in [0.2, 0.25) is 5.82 Å². The quantitative estimate of drug-likeness (QED) is 0.487. The Labute approximate surface area is 125 Å². The molecule has 1 saturated heterocycles. The van der Waals surface area contributed by atoms with Crippen LogP contribution in [-0.2, 0) is 9.53 Å². The van der Waals surface area contributed by atoms with Gasteiger partial charge in [0.15, 0.2) is 0 Å². The number of anilines is 1. The smallest absolute Gasteiger partial charge is 0.345 e. The van der Waals surface area contributed by atoms with E-state index in [1.165, 1.54) is 17.2 Å². The second kappa shape index (κ2) is 6.37. The molecule has 1 N–H and O–H groups in total.